The fourth-order valence-corrected chi connectivity index (χ4v) is 4.21. The Morgan fingerprint density at radius 3 is 2.42 bits per heavy atom. The summed E-state index contributed by atoms with van der Waals surface area (Å²) in [5, 5.41) is 3.01. The van der Waals surface area contributed by atoms with Gasteiger partial charge in [0.1, 0.15) is 0 Å². The van der Waals surface area contributed by atoms with Crippen LogP contribution in [0.3, 0.4) is 0 Å². The van der Waals surface area contributed by atoms with Crippen LogP contribution in [0.1, 0.15) is 74.2 Å². The molecule has 0 aromatic heterocycles. The molecule has 0 aliphatic carbocycles. The van der Waals surface area contributed by atoms with Gasteiger partial charge in [0.15, 0.2) is 5.78 Å². The van der Waals surface area contributed by atoms with Crippen molar-refractivity contribution in [2.75, 3.05) is 25.0 Å². The van der Waals surface area contributed by atoms with E-state index in [0.29, 0.717) is 12.3 Å². The van der Waals surface area contributed by atoms with E-state index in [1.54, 1.807) is 0 Å². The Hall–Kier alpha value is -2.46. The number of piperidine rings is 1. The lowest BCUT2D eigenvalue weighted by molar-refractivity contribution is -0.118. The highest BCUT2D eigenvalue weighted by Gasteiger charge is 2.20. The summed E-state index contributed by atoms with van der Waals surface area (Å²) in [7, 11) is 0. The van der Waals surface area contributed by atoms with Crippen LogP contribution < -0.4 is 5.32 Å². The zero-order valence-corrected chi connectivity index (χ0v) is 19.0. The smallest absolute Gasteiger partial charge is 0.226 e. The largest absolute Gasteiger partial charge is 0.326 e. The van der Waals surface area contributed by atoms with Crippen molar-refractivity contribution < 1.29 is 9.59 Å². The molecule has 2 aromatic carbocycles. The van der Waals surface area contributed by atoms with E-state index in [-0.39, 0.29) is 17.6 Å². The molecule has 1 aliphatic heterocycles. The second kappa shape index (κ2) is 11.8. The standard InChI is InChI=1S/C27H36N2O2/c1-21(2)27(31)28-25-13-9-12-24(20-25)22-15-18-29(19-16-22)17-8-4-7-14-26(30)23-10-5-3-6-11-23/h3,5-6,9-13,20-22H,4,7-8,14-19H2,1-2H3,(H,28,31). The van der Waals surface area contributed by atoms with Gasteiger partial charge in [-0.05, 0) is 68.9 Å². The zero-order valence-electron chi connectivity index (χ0n) is 19.0. The monoisotopic (exact) mass is 420 g/mol. The lowest BCUT2D eigenvalue weighted by atomic mass is 9.89. The van der Waals surface area contributed by atoms with Crippen LogP contribution in [-0.2, 0) is 4.79 Å². The maximum atomic E-state index is 12.2. The van der Waals surface area contributed by atoms with Gasteiger partial charge in [0.05, 0.1) is 0 Å². The lowest BCUT2D eigenvalue weighted by Crippen LogP contribution is -2.33. The molecule has 1 heterocycles. The molecule has 1 N–H and O–H groups in total. The zero-order chi connectivity index (χ0) is 22.1. The van der Waals surface area contributed by atoms with Crippen LogP contribution in [-0.4, -0.2) is 36.2 Å². The molecule has 2 aromatic rings. The minimum atomic E-state index is -0.0108. The van der Waals surface area contributed by atoms with Crippen LogP contribution in [0.25, 0.3) is 0 Å². The van der Waals surface area contributed by atoms with Gasteiger partial charge in [-0.2, -0.15) is 0 Å². The predicted octanol–water partition coefficient (Wildman–Crippen LogP) is 5.90. The van der Waals surface area contributed by atoms with E-state index in [2.05, 4.69) is 22.3 Å². The van der Waals surface area contributed by atoms with Crippen LogP contribution in [0.2, 0.25) is 0 Å². The molecule has 4 heteroatoms. The lowest BCUT2D eigenvalue weighted by Gasteiger charge is -2.32. The highest BCUT2D eigenvalue weighted by Crippen LogP contribution is 2.29. The minimum Gasteiger partial charge on any atom is -0.326 e. The fraction of sp³-hybridized carbons (Fsp3) is 0.481. The number of carbonyl (C=O) groups excluding carboxylic acids is 2. The molecular weight excluding hydrogens is 384 g/mol. The number of rotatable bonds is 10. The average Bonchev–Trinajstić information content (AvgIpc) is 2.80. The number of benzene rings is 2. The van der Waals surface area contributed by atoms with Crippen molar-refractivity contribution >= 4 is 17.4 Å². The SMILES string of the molecule is CC(C)C(=O)Nc1cccc(C2CCN(CCCCCC(=O)c3ccccc3)CC2)c1. The van der Waals surface area contributed by atoms with Gasteiger partial charge in [-0.1, -0.05) is 62.7 Å². The van der Waals surface area contributed by atoms with Crippen LogP contribution in [0.15, 0.2) is 54.6 Å². The third-order valence-corrected chi connectivity index (χ3v) is 6.21. The second-order valence-electron chi connectivity index (χ2n) is 8.99. The van der Waals surface area contributed by atoms with Crippen LogP contribution in [0, 0.1) is 5.92 Å². The highest BCUT2D eigenvalue weighted by atomic mass is 16.1. The topological polar surface area (TPSA) is 49.4 Å². The number of nitrogens with one attached hydrogen (secondary N) is 1. The summed E-state index contributed by atoms with van der Waals surface area (Å²) in [6.45, 7) is 7.19. The summed E-state index contributed by atoms with van der Waals surface area (Å²) in [6.07, 6.45) is 6.20. The van der Waals surface area contributed by atoms with E-state index < -0.39 is 0 Å². The van der Waals surface area contributed by atoms with E-state index in [1.807, 2.05) is 56.3 Å². The first-order valence-electron chi connectivity index (χ1n) is 11.7. The molecular formula is C27H36N2O2. The van der Waals surface area contributed by atoms with Crippen molar-refractivity contribution in [2.24, 2.45) is 5.92 Å². The third-order valence-electron chi connectivity index (χ3n) is 6.21. The van der Waals surface area contributed by atoms with Crippen molar-refractivity contribution in [3.05, 3.63) is 65.7 Å². The number of Topliss-reactive ketones (excluding diaryl/α,β-unsaturated/α-hetero) is 1. The molecule has 1 amide bonds. The number of carbonyl (C=O) groups is 2. The first-order valence-corrected chi connectivity index (χ1v) is 11.7. The fourth-order valence-electron chi connectivity index (χ4n) is 4.21. The van der Waals surface area contributed by atoms with Crippen molar-refractivity contribution in [1.29, 1.82) is 0 Å². The molecule has 0 unspecified atom stereocenters. The molecule has 0 spiro atoms. The molecule has 1 aliphatic rings. The van der Waals surface area contributed by atoms with Gasteiger partial charge in [-0.25, -0.2) is 0 Å². The summed E-state index contributed by atoms with van der Waals surface area (Å²) < 4.78 is 0. The Bertz CT molecular complexity index is 839. The van der Waals surface area contributed by atoms with Crippen molar-refractivity contribution in [1.82, 2.24) is 4.90 Å². The second-order valence-corrected chi connectivity index (χ2v) is 8.99. The Kier molecular flexibility index (Phi) is 8.84. The number of hydrogen-bond donors (Lipinski definition) is 1. The first-order chi connectivity index (χ1) is 15.0. The third kappa shape index (κ3) is 7.32. The number of anilines is 1. The summed E-state index contributed by atoms with van der Waals surface area (Å²) in [5.41, 5.74) is 3.07. The molecule has 0 bridgehead atoms. The highest BCUT2D eigenvalue weighted by molar-refractivity contribution is 5.95. The Morgan fingerprint density at radius 2 is 1.71 bits per heavy atom. The van der Waals surface area contributed by atoms with Crippen molar-refractivity contribution in [3.63, 3.8) is 0 Å². The molecule has 0 radical (unpaired) electrons. The summed E-state index contributed by atoms with van der Waals surface area (Å²) in [4.78, 5) is 26.7. The van der Waals surface area contributed by atoms with Gasteiger partial charge in [-0.15, -0.1) is 0 Å². The van der Waals surface area contributed by atoms with E-state index in [4.69, 9.17) is 0 Å². The molecule has 1 saturated heterocycles. The number of amides is 1. The Morgan fingerprint density at radius 1 is 0.968 bits per heavy atom. The van der Waals surface area contributed by atoms with Crippen molar-refractivity contribution in [3.8, 4) is 0 Å². The molecule has 166 valence electrons. The molecule has 31 heavy (non-hydrogen) atoms. The van der Waals surface area contributed by atoms with Gasteiger partial charge in [0, 0.05) is 23.6 Å². The van der Waals surface area contributed by atoms with Gasteiger partial charge in [0.2, 0.25) is 5.91 Å². The van der Waals surface area contributed by atoms with Gasteiger partial charge in [-0.3, -0.25) is 9.59 Å². The maximum absolute atomic E-state index is 12.2. The van der Waals surface area contributed by atoms with E-state index in [9.17, 15) is 9.59 Å². The molecule has 0 saturated carbocycles. The number of hydrogen-bond acceptors (Lipinski definition) is 3. The Balaban J connectivity index is 1.34. The van der Waals surface area contributed by atoms with Crippen LogP contribution in [0.4, 0.5) is 5.69 Å². The quantitative estimate of drug-likeness (QED) is 0.384. The van der Waals surface area contributed by atoms with Gasteiger partial charge in [0.25, 0.3) is 0 Å². The molecule has 0 atom stereocenters. The van der Waals surface area contributed by atoms with E-state index in [1.165, 1.54) is 5.56 Å². The number of likely N-dealkylation sites (tertiary alicyclic amines) is 1. The molecule has 3 rings (SSSR count). The first kappa shape index (κ1) is 23.2. The van der Waals surface area contributed by atoms with Gasteiger partial charge >= 0.3 is 0 Å². The average molecular weight is 421 g/mol. The predicted molar refractivity (Wildman–Crippen MR) is 128 cm³/mol. The van der Waals surface area contributed by atoms with Crippen LogP contribution >= 0.6 is 0 Å². The molecule has 4 nitrogen and oxygen atoms in total. The number of nitrogens with zero attached hydrogens (tertiary/aromatic N) is 1. The summed E-state index contributed by atoms with van der Waals surface area (Å²) in [5.74, 6) is 0.879. The summed E-state index contributed by atoms with van der Waals surface area (Å²) in [6, 6.07) is 18.0. The van der Waals surface area contributed by atoms with E-state index >= 15 is 0 Å². The molecule has 1 fully saturated rings. The normalized spacial score (nSPS) is 15.2. The number of ketones is 1. The van der Waals surface area contributed by atoms with Gasteiger partial charge < -0.3 is 10.2 Å². The summed E-state index contributed by atoms with van der Waals surface area (Å²) >= 11 is 0. The number of unbranched alkanes of at least 4 members (excludes halogenated alkanes) is 2. The Labute approximate surface area is 187 Å². The minimum absolute atomic E-state index is 0.0108. The van der Waals surface area contributed by atoms with E-state index in [0.717, 1.165) is 63.0 Å². The van der Waals surface area contributed by atoms with Crippen LogP contribution in [0.5, 0.6) is 0 Å². The maximum Gasteiger partial charge on any atom is 0.226 e. The van der Waals surface area contributed by atoms with Crippen molar-refractivity contribution in [2.45, 2.75) is 58.3 Å².